The van der Waals surface area contributed by atoms with Crippen molar-refractivity contribution in [2.24, 2.45) is 4.99 Å². The molecule has 1 unspecified atom stereocenters. The van der Waals surface area contributed by atoms with Gasteiger partial charge in [-0.15, -0.1) is 0 Å². The minimum atomic E-state index is -2.98. The number of nitrogens with zero attached hydrogens (tertiary/aromatic N) is 3. The lowest BCUT2D eigenvalue weighted by Crippen LogP contribution is -2.53. The maximum Gasteiger partial charge on any atom is 0.387 e. The van der Waals surface area contributed by atoms with E-state index >= 15 is 0 Å². The van der Waals surface area contributed by atoms with Crippen LogP contribution in [0.5, 0.6) is 5.75 Å². The first kappa shape index (κ1) is 29.8. The summed E-state index contributed by atoms with van der Waals surface area (Å²) in [6.07, 6.45) is 4.07. The second-order valence-electron chi connectivity index (χ2n) is 9.03. The quantitative estimate of drug-likeness (QED) is 0.139. The van der Waals surface area contributed by atoms with E-state index in [0.29, 0.717) is 35.7 Å². The van der Waals surface area contributed by atoms with Crippen LogP contribution in [0.4, 0.5) is 14.5 Å². The van der Waals surface area contributed by atoms with Crippen molar-refractivity contribution in [3.8, 4) is 11.9 Å². The number of hydrogen-bond donors (Lipinski definition) is 4. The average Bonchev–Trinajstić information content (AvgIpc) is 3.44. The summed E-state index contributed by atoms with van der Waals surface area (Å²) in [5, 5.41) is 27.5. The van der Waals surface area contributed by atoms with Gasteiger partial charge in [0.1, 0.15) is 5.75 Å². The van der Waals surface area contributed by atoms with E-state index in [-0.39, 0.29) is 35.9 Å². The molecular weight excluding hydrogens is 528 g/mol. The number of carbonyl (C=O) groups excluding carboxylic acids is 1. The van der Waals surface area contributed by atoms with Crippen molar-refractivity contribution in [1.82, 2.24) is 15.5 Å². The summed E-state index contributed by atoms with van der Waals surface area (Å²) in [7, 11) is 0. The van der Waals surface area contributed by atoms with Crippen LogP contribution in [0.3, 0.4) is 0 Å². The van der Waals surface area contributed by atoms with Gasteiger partial charge in [-0.05, 0) is 68.1 Å². The van der Waals surface area contributed by atoms with Crippen LogP contribution in [0.1, 0.15) is 37.3 Å². The lowest BCUT2D eigenvalue weighted by atomic mass is 9.99. The van der Waals surface area contributed by atoms with Crippen LogP contribution >= 0.6 is 11.6 Å². The number of nitrogens with one attached hydrogen (secondary N) is 4. The largest absolute Gasteiger partial charge is 0.435 e. The Bertz CT molecular complexity index is 1230. The molecule has 0 radical (unpaired) electrons. The van der Waals surface area contributed by atoms with Gasteiger partial charge in [0.05, 0.1) is 24.3 Å². The van der Waals surface area contributed by atoms with Crippen molar-refractivity contribution in [2.75, 3.05) is 25.0 Å². The number of anilines is 1. The third kappa shape index (κ3) is 8.37. The van der Waals surface area contributed by atoms with E-state index in [9.17, 15) is 18.8 Å². The molecule has 1 aliphatic rings. The molecule has 2 aromatic carbocycles. The molecule has 0 spiro atoms. The minimum absolute atomic E-state index is 0.0275. The Kier molecular flexibility index (Phi) is 11.0. The van der Waals surface area contributed by atoms with Crippen LogP contribution in [0.15, 0.2) is 47.5 Å². The number of rotatable bonds is 11. The molecule has 0 aliphatic carbocycles. The molecule has 0 bridgehead atoms. The molecule has 12 heteroatoms. The summed E-state index contributed by atoms with van der Waals surface area (Å²) in [6.45, 7) is 1.94. The smallest absolute Gasteiger partial charge is 0.387 e. The number of carbonyl (C=O) groups is 1. The molecule has 208 valence electrons. The average molecular weight is 560 g/mol. The number of ether oxygens (including phenoxy) is 1. The van der Waals surface area contributed by atoms with E-state index in [1.807, 2.05) is 13.8 Å². The fraction of sp³-hybridized carbons (Fsp3) is 0.407. The fourth-order valence-corrected chi connectivity index (χ4v) is 4.45. The normalized spacial score (nSPS) is 15.9. The first-order valence-corrected chi connectivity index (χ1v) is 13.0. The van der Waals surface area contributed by atoms with Crippen LogP contribution in [-0.4, -0.2) is 60.8 Å². The highest BCUT2D eigenvalue weighted by atomic mass is 35.5. The van der Waals surface area contributed by atoms with Crippen LogP contribution in [0, 0.1) is 23.8 Å². The van der Waals surface area contributed by atoms with Gasteiger partial charge in [0.25, 0.3) is 0 Å². The van der Waals surface area contributed by atoms with E-state index in [0.717, 1.165) is 18.5 Å². The summed E-state index contributed by atoms with van der Waals surface area (Å²) in [5.41, 5.74) is 1.93. The molecule has 9 nitrogen and oxygen atoms in total. The first-order valence-electron chi connectivity index (χ1n) is 12.6. The number of hydrogen-bond acceptors (Lipinski definition) is 6. The monoisotopic (exact) mass is 559 g/mol. The molecule has 2 atom stereocenters. The van der Waals surface area contributed by atoms with Gasteiger partial charge < -0.3 is 25.7 Å². The van der Waals surface area contributed by atoms with Gasteiger partial charge in [0.2, 0.25) is 11.9 Å². The lowest BCUT2D eigenvalue weighted by molar-refractivity contribution is -0.134. The van der Waals surface area contributed by atoms with Crippen LogP contribution in [0.2, 0.25) is 5.02 Å². The van der Waals surface area contributed by atoms with Crippen molar-refractivity contribution >= 4 is 34.9 Å². The summed E-state index contributed by atoms with van der Waals surface area (Å²) in [4.78, 5) is 19.7. The topological polar surface area (TPSA) is 126 Å². The molecule has 3 rings (SSSR count). The van der Waals surface area contributed by atoms with Gasteiger partial charge in [0, 0.05) is 23.3 Å². The second kappa shape index (κ2) is 14.4. The van der Waals surface area contributed by atoms with Gasteiger partial charge in [-0.25, -0.2) is 4.99 Å². The third-order valence-electron chi connectivity index (χ3n) is 6.20. The van der Waals surface area contributed by atoms with Crippen molar-refractivity contribution in [3.05, 3.63) is 58.6 Å². The van der Waals surface area contributed by atoms with E-state index in [1.165, 1.54) is 18.2 Å². The highest BCUT2D eigenvalue weighted by Gasteiger charge is 2.33. The highest BCUT2D eigenvalue weighted by molar-refractivity contribution is 6.31. The predicted octanol–water partition coefficient (Wildman–Crippen LogP) is 4.52. The molecule has 1 amide bonds. The standard InChI is InChI=1S/C27H32ClF2N7O2/c1-3-12-37(25(38)22-8-5-11-33-22)23(24(32)18-9-10-21(28)17(2)13-18)15-34-27(35-16-31)36-19-6-4-7-20(14-19)39-26(29)30/h4,6-7,9-10,13-14,22-23,26,32-33H,3,5,8,11-12,15H2,1-2H3,(H2,34,35,36)/t22-,23?/m1/s1. The number of amides is 1. The number of aryl methyl sites for hydroxylation is 1. The van der Waals surface area contributed by atoms with Crippen molar-refractivity contribution in [3.63, 3.8) is 0 Å². The molecule has 1 aliphatic heterocycles. The predicted molar refractivity (Wildman–Crippen MR) is 148 cm³/mol. The Morgan fingerprint density at radius 3 is 2.79 bits per heavy atom. The maximum absolute atomic E-state index is 13.6. The molecule has 0 aromatic heterocycles. The Morgan fingerprint density at radius 2 is 2.15 bits per heavy atom. The second-order valence-corrected chi connectivity index (χ2v) is 9.44. The fourth-order valence-electron chi connectivity index (χ4n) is 4.33. The Balaban J connectivity index is 1.94. The van der Waals surface area contributed by atoms with E-state index in [4.69, 9.17) is 17.0 Å². The number of alkyl halides is 2. The molecule has 0 saturated carbocycles. The number of benzene rings is 2. The molecule has 1 fully saturated rings. The zero-order valence-corrected chi connectivity index (χ0v) is 22.6. The molecule has 4 N–H and O–H groups in total. The zero-order valence-electron chi connectivity index (χ0n) is 21.8. The molecule has 39 heavy (non-hydrogen) atoms. The van der Waals surface area contributed by atoms with Gasteiger partial charge >= 0.3 is 6.61 Å². The van der Waals surface area contributed by atoms with Crippen LogP contribution in [0.25, 0.3) is 0 Å². The number of nitriles is 1. The van der Waals surface area contributed by atoms with E-state index in [1.54, 1.807) is 35.4 Å². The summed E-state index contributed by atoms with van der Waals surface area (Å²) in [5.74, 6) is -0.142. The lowest BCUT2D eigenvalue weighted by Gasteiger charge is -2.33. The molecule has 1 heterocycles. The minimum Gasteiger partial charge on any atom is -0.435 e. The SMILES string of the molecule is CCCN(C(=O)[C@H]1CCCN1)C(CN=C(NC#N)Nc1cccc(OC(F)F)c1)C(=N)c1ccc(Cl)c(C)c1. The molecule has 1 saturated heterocycles. The summed E-state index contributed by atoms with van der Waals surface area (Å²) >= 11 is 6.20. The highest BCUT2D eigenvalue weighted by Crippen LogP contribution is 2.22. The first-order chi connectivity index (χ1) is 18.7. The maximum atomic E-state index is 13.6. The van der Waals surface area contributed by atoms with Crippen molar-refractivity contribution in [2.45, 2.75) is 51.8 Å². The van der Waals surface area contributed by atoms with Gasteiger partial charge in [-0.1, -0.05) is 30.7 Å². The molecular formula is C27H32ClF2N7O2. The van der Waals surface area contributed by atoms with Crippen LogP contribution in [-0.2, 0) is 4.79 Å². The van der Waals surface area contributed by atoms with Gasteiger partial charge in [-0.3, -0.25) is 10.1 Å². The Labute approximate surface area is 231 Å². The third-order valence-corrected chi connectivity index (χ3v) is 6.63. The van der Waals surface area contributed by atoms with Crippen molar-refractivity contribution < 1.29 is 18.3 Å². The van der Waals surface area contributed by atoms with E-state index in [2.05, 4.69) is 25.7 Å². The Morgan fingerprint density at radius 1 is 1.36 bits per heavy atom. The van der Waals surface area contributed by atoms with Gasteiger partial charge in [0.15, 0.2) is 6.19 Å². The Hall–Kier alpha value is -3.75. The number of guanidine groups is 1. The zero-order chi connectivity index (χ0) is 28.4. The summed E-state index contributed by atoms with van der Waals surface area (Å²) in [6, 6.07) is 10.00. The van der Waals surface area contributed by atoms with Gasteiger partial charge in [-0.2, -0.15) is 14.0 Å². The number of halogens is 3. The van der Waals surface area contributed by atoms with Crippen LogP contribution < -0.4 is 20.7 Å². The molecule has 2 aromatic rings. The summed E-state index contributed by atoms with van der Waals surface area (Å²) < 4.78 is 29.7. The van der Waals surface area contributed by atoms with Crippen molar-refractivity contribution in [1.29, 1.82) is 10.7 Å². The number of aliphatic imine (C=N–C) groups is 1. The van der Waals surface area contributed by atoms with E-state index < -0.39 is 12.7 Å².